The van der Waals surface area contributed by atoms with Crippen LogP contribution in [-0.4, -0.2) is 27.6 Å². The molecule has 39 heavy (non-hydrogen) atoms. The summed E-state index contributed by atoms with van der Waals surface area (Å²) in [5.74, 6) is -0.196. The van der Waals surface area contributed by atoms with Crippen molar-refractivity contribution in [1.29, 1.82) is 5.26 Å². The van der Waals surface area contributed by atoms with E-state index in [0.717, 1.165) is 33.6 Å². The van der Waals surface area contributed by atoms with E-state index in [4.69, 9.17) is 5.73 Å². The molecule has 1 aliphatic heterocycles. The van der Waals surface area contributed by atoms with Crippen molar-refractivity contribution in [2.24, 2.45) is 5.73 Å². The second kappa shape index (κ2) is 11.0. The van der Waals surface area contributed by atoms with Gasteiger partial charge >= 0.3 is 0 Å². The third-order valence-corrected chi connectivity index (χ3v) is 8.99. The maximum absolute atomic E-state index is 13.3. The fraction of sp³-hybridized carbons (Fsp3) is 0.276. The molecular weight excluding hydrogens is 528 g/mol. The normalized spacial score (nSPS) is 17.2. The molecule has 2 aromatic carbocycles. The lowest BCUT2D eigenvalue weighted by Crippen LogP contribution is -2.38. The lowest BCUT2D eigenvalue weighted by Gasteiger charge is -2.38. The number of carbonyl (C=O) groups excluding carboxylic acids is 2. The molecule has 0 saturated heterocycles. The average Bonchev–Trinajstić information content (AvgIpc) is 3.37. The summed E-state index contributed by atoms with van der Waals surface area (Å²) in [6, 6.07) is 16.0. The first kappa shape index (κ1) is 26.7. The molecule has 8 nitrogen and oxygen atoms in total. The van der Waals surface area contributed by atoms with Crippen molar-refractivity contribution in [3.05, 3.63) is 87.4 Å². The average molecular weight is 557 g/mol. The van der Waals surface area contributed by atoms with Gasteiger partial charge in [-0.15, -0.1) is 10.2 Å². The first-order valence-electron chi connectivity index (χ1n) is 12.6. The number of allylic oxidation sites excluding steroid dienone is 3. The van der Waals surface area contributed by atoms with Crippen LogP contribution < -0.4 is 16.0 Å². The van der Waals surface area contributed by atoms with Crippen LogP contribution >= 0.6 is 23.1 Å². The van der Waals surface area contributed by atoms with Crippen molar-refractivity contribution in [2.75, 3.05) is 16.0 Å². The Morgan fingerprint density at radius 2 is 1.92 bits per heavy atom. The van der Waals surface area contributed by atoms with Crippen molar-refractivity contribution in [3.8, 4) is 6.07 Å². The van der Waals surface area contributed by atoms with E-state index >= 15 is 0 Å². The quantitative estimate of drug-likeness (QED) is 0.382. The van der Waals surface area contributed by atoms with E-state index in [-0.39, 0.29) is 23.3 Å². The first-order chi connectivity index (χ1) is 18.8. The van der Waals surface area contributed by atoms with Crippen molar-refractivity contribution in [1.82, 2.24) is 10.2 Å². The van der Waals surface area contributed by atoms with Crippen LogP contribution in [0, 0.1) is 32.1 Å². The second-order valence-corrected chi connectivity index (χ2v) is 11.9. The van der Waals surface area contributed by atoms with Gasteiger partial charge in [0.05, 0.1) is 23.3 Å². The van der Waals surface area contributed by atoms with Gasteiger partial charge in [-0.1, -0.05) is 71.1 Å². The summed E-state index contributed by atoms with van der Waals surface area (Å²) in [5, 5.41) is 22.3. The number of nitrogens with two attached hydrogens (primary N) is 1. The van der Waals surface area contributed by atoms with Crippen molar-refractivity contribution in [2.45, 2.75) is 50.3 Å². The van der Waals surface area contributed by atoms with Crippen LogP contribution in [0.15, 0.2) is 69.5 Å². The Bertz CT molecular complexity index is 1560. The Kier molecular flexibility index (Phi) is 7.55. The van der Waals surface area contributed by atoms with Crippen molar-refractivity contribution < 1.29 is 9.59 Å². The van der Waals surface area contributed by atoms with Gasteiger partial charge in [0.1, 0.15) is 5.82 Å². The number of anilines is 2. The highest BCUT2D eigenvalue weighted by molar-refractivity contribution is 8.01. The molecule has 2 aliphatic rings. The van der Waals surface area contributed by atoms with Gasteiger partial charge in [-0.3, -0.25) is 14.5 Å². The number of benzene rings is 2. The molecule has 1 unspecified atom stereocenters. The van der Waals surface area contributed by atoms with Crippen LogP contribution in [0.4, 0.5) is 10.8 Å². The summed E-state index contributed by atoms with van der Waals surface area (Å²) >= 11 is 2.57. The predicted molar refractivity (Wildman–Crippen MR) is 154 cm³/mol. The molecule has 0 fully saturated rings. The molecule has 1 aliphatic carbocycles. The van der Waals surface area contributed by atoms with Gasteiger partial charge in [0.15, 0.2) is 10.1 Å². The molecule has 0 bridgehead atoms. The number of Topliss-reactive ketones (excluding diaryl/α,β-unsaturated/α-hetero) is 1. The van der Waals surface area contributed by atoms with E-state index in [2.05, 4.69) is 21.6 Å². The third-order valence-electron chi connectivity index (χ3n) is 6.95. The number of nitrogens with one attached hydrogen (secondary N) is 1. The Hall–Kier alpha value is -3.94. The molecule has 0 spiro atoms. The molecule has 198 valence electrons. The fourth-order valence-electron chi connectivity index (χ4n) is 5.15. The van der Waals surface area contributed by atoms with Crippen LogP contribution in [0.3, 0.4) is 0 Å². The SMILES string of the molecule is Cc1cccc(C2C(C#N)=C(N)N(c3nnc(SCC(=O)Nc4c(C)cccc4C)s3)C3=C2C(=O)CCC3)c1. The summed E-state index contributed by atoms with van der Waals surface area (Å²) in [6.07, 6.45) is 1.77. The monoisotopic (exact) mass is 556 g/mol. The van der Waals surface area contributed by atoms with E-state index < -0.39 is 5.92 Å². The van der Waals surface area contributed by atoms with Crippen LogP contribution in [0.25, 0.3) is 0 Å². The number of thioether (sulfide) groups is 1. The van der Waals surface area contributed by atoms with E-state index in [1.54, 1.807) is 4.90 Å². The van der Waals surface area contributed by atoms with Gasteiger partial charge in [-0.2, -0.15) is 5.26 Å². The highest BCUT2D eigenvalue weighted by Gasteiger charge is 2.41. The third kappa shape index (κ3) is 5.20. The number of hydrogen-bond acceptors (Lipinski definition) is 9. The lowest BCUT2D eigenvalue weighted by atomic mass is 9.75. The maximum atomic E-state index is 13.3. The Morgan fingerprint density at radius 3 is 2.64 bits per heavy atom. The zero-order chi connectivity index (χ0) is 27.7. The second-order valence-electron chi connectivity index (χ2n) is 9.68. The number of carbonyl (C=O) groups is 2. The summed E-state index contributed by atoms with van der Waals surface area (Å²) in [5.41, 5.74) is 13.1. The fourth-order valence-corrected chi connectivity index (χ4v) is 6.83. The predicted octanol–water partition coefficient (Wildman–Crippen LogP) is 5.50. The number of ketones is 1. The number of rotatable bonds is 6. The smallest absolute Gasteiger partial charge is 0.234 e. The van der Waals surface area contributed by atoms with Gasteiger partial charge in [-0.25, -0.2) is 0 Å². The zero-order valence-electron chi connectivity index (χ0n) is 21.9. The summed E-state index contributed by atoms with van der Waals surface area (Å²) in [6.45, 7) is 5.90. The van der Waals surface area contributed by atoms with Crippen LogP contribution in [-0.2, 0) is 9.59 Å². The molecular formula is C29H28N6O2S2. The number of aromatic nitrogens is 2. The molecule has 5 rings (SSSR count). The van der Waals surface area contributed by atoms with E-state index in [0.29, 0.717) is 39.9 Å². The van der Waals surface area contributed by atoms with E-state index in [1.807, 2.05) is 63.2 Å². The minimum absolute atomic E-state index is 0.0234. The number of hydrogen-bond donors (Lipinski definition) is 2. The number of amides is 1. The molecule has 0 saturated carbocycles. The van der Waals surface area contributed by atoms with Gasteiger partial charge in [-0.05, 0) is 50.3 Å². The first-order valence-corrected chi connectivity index (χ1v) is 14.4. The Labute approximate surface area is 235 Å². The van der Waals surface area contributed by atoms with E-state index in [1.165, 1.54) is 23.1 Å². The van der Waals surface area contributed by atoms with Gasteiger partial charge in [0.25, 0.3) is 0 Å². The Balaban J connectivity index is 1.42. The topological polar surface area (TPSA) is 125 Å². The molecule has 3 aromatic rings. The minimum atomic E-state index is -0.510. The standard InChI is InChI=1S/C29H28N6O2S2/c1-16-7-4-10-19(13-16)24-20(14-30)27(31)35(21-11-6-12-22(36)25(21)24)28-33-34-29(39-28)38-15-23(37)32-26-17(2)8-5-9-18(26)3/h4-5,7-10,13,24H,6,11-12,15,31H2,1-3H3,(H,32,37). The molecule has 1 aromatic heterocycles. The zero-order valence-corrected chi connectivity index (χ0v) is 23.6. The molecule has 0 radical (unpaired) electrons. The summed E-state index contributed by atoms with van der Waals surface area (Å²) in [7, 11) is 0. The van der Waals surface area contributed by atoms with Gasteiger partial charge < -0.3 is 11.1 Å². The Morgan fingerprint density at radius 1 is 1.18 bits per heavy atom. The van der Waals surface area contributed by atoms with E-state index in [9.17, 15) is 14.9 Å². The highest BCUT2D eigenvalue weighted by Crippen LogP contribution is 2.47. The van der Waals surface area contributed by atoms with Gasteiger partial charge in [0.2, 0.25) is 11.0 Å². The van der Waals surface area contributed by atoms with Gasteiger partial charge in [0, 0.05) is 23.4 Å². The van der Waals surface area contributed by atoms with Crippen LogP contribution in [0.1, 0.15) is 47.4 Å². The van der Waals surface area contributed by atoms with Crippen molar-refractivity contribution in [3.63, 3.8) is 0 Å². The number of aryl methyl sites for hydroxylation is 3. The summed E-state index contributed by atoms with van der Waals surface area (Å²) < 4.78 is 0.595. The maximum Gasteiger partial charge on any atom is 0.234 e. The molecule has 2 heterocycles. The number of para-hydroxylation sites is 1. The van der Waals surface area contributed by atoms with Crippen LogP contribution in [0.2, 0.25) is 0 Å². The largest absolute Gasteiger partial charge is 0.384 e. The summed E-state index contributed by atoms with van der Waals surface area (Å²) in [4.78, 5) is 27.7. The highest BCUT2D eigenvalue weighted by atomic mass is 32.2. The van der Waals surface area contributed by atoms with Crippen molar-refractivity contribution >= 4 is 45.6 Å². The number of nitriles is 1. The lowest BCUT2D eigenvalue weighted by molar-refractivity contribution is -0.116. The molecule has 1 amide bonds. The molecule has 1 atom stereocenters. The minimum Gasteiger partial charge on any atom is -0.384 e. The van der Waals surface area contributed by atoms with Crippen LogP contribution in [0.5, 0.6) is 0 Å². The number of nitrogens with zero attached hydrogens (tertiary/aromatic N) is 4. The molecule has 10 heteroatoms. The molecule has 3 N–H and O–H groups in total.